The van der Waals surface area contributed by atoms with Crippen LogP contribution in [0.4, 0.5) is 5.69 Å². The quantitative estimate of drug-likeness (QED) is 0.822. The third kappa shape index (κ3) is 2.22. The zero-order chi connectivity index (χ0) is 12.5. The Labute approximate surface area is 99.2 Å². The van der Waals surface area contributed by atoms with Crippen LogP contribution in [0.2, 0.25) is 0 Å². The van der Waals surface area contributed by atoms with Crippen LogP contribution < -0.4 is 11.1 Å². The van der Waals surface area contributed by atoms with Gasteiger partial charge in [0, 0.05) is 18.3 Å². The Morgan fingerprint density at radius 1 is 0.875 bits per heavy atom. The molecule has 1 atom stereocenters. The Bertz CT molecular complexity index is 365. The second-order valence-corrected chi connectivity index (χ2v) is 4.78. The Balaban J connectivity index is 3.28. The molecule has 0 fully saturated rings. The van der Waals surface area contributed by atoms with Gasteiger partial charge in [-0.25, -0.2) is 0 Å². The average Bonchev–Trinajstić information content (AvgIpc) is 2.29. The van der Waals surface area contributed by atoms with E-state index < -0.39 is 0 Å². The fourth-order valence-corrected chi connectivity index (χ4v) is 2.02. The maximum Gasteiger partial charge on any atom is 0.0407 e. The molecule has 0 radical (unpaired) electrons. The van der Waals surface area contributed by atoms with Crippen LogP contribution in [0, 0.1) is 34.6 Å². The summed E-state index contributed by atoms with van der Waals surface area (Å²) in [6, 6.07) is 0.318. The van der Waals surface area contributed by atoms with Crippen LogP contribution in [-0.4, -0.2) is 12.6 Å². The van der Waals surface area contributed by atoms with Crippen molar-refractivity contribution < 1.29 is 0 Å². The molecule has 1 aromatic carbocycles. The summed E-state index contributed by atoms with van der Waals surface area (Å²) in [5.41, 5.74) is 13.8. The highest BCUT2D eigenvalue weighted by Gasteiger charge is 2.13. The molecule has 2 nitrogen and oxygen atoms in total. The van der Waals surface area contributed by atoms with Gasteiger partial charge in [-0.1, -0.05) is 0 Å². The van der Waals surface area contributed by atoms with Gasteiger partial charge in [0.25, 0.3) is 0 Å². The van der Waals surface area contributed by atoms with Crippen LogP contribution in [-0.2, 0) is 0 Å². The first-order valence-electron chi connectivity index (χ1n) is 5.93. The molecule has 0 saturated heterocycles. The van der Waals surface area contributed by atoms with Crippen molar-refractivity contribution in [1.29, 1.82) is 0 Å². The molecule has 0 aliphatic carbocycles. The minimum atomic E-state index is 0.318. The number of hydrogen-bond donors (Lipinski definition) is 2. The molecule has 1 unspecified atom stereocenters. The Morgan fingerprint density at radius 3 is 1.62 bits per heavy atom. The van der Waals surface area contributed by atoms with Crippen molar-refractivity contribution in [1.82, 2.24) is 0 Å². The highest BCUT2D eigenvalue weighted by atomic mass is 14.9. The Hall–Kier alpha value is -1.02. The standard InChI is InChI=1S/C14H24N2/c1-8(7-15)16-14-12(5)10(3)9(2)11(4)13(14)6/h8,16H,7,15H2,1-6H3. The van der Waals surface area contributed by atoms with E-state index >= 15 is 0 Å². The number of benzene rings is 1. The zero-order valence-corrected chi connectivity index (χ0v) is 11.4. The second-order valence-electron chi connectivity index (χ2n) is 4.78. The predicted molar refractivity (Wildman–Crippen MR) is 72.3 cm³/mol. The third-order valence-corrected chi connectivity index (χ3v) is 3.74. The van der Waals surface area contributed by atoms with Crippen LogP contribution >= 0.6 is 0 Å². The van der Waals surface area contributed by atoms with Crippen molar-refractivity contribution in [2.24, 2.45) is 5.73 Å². The molecule has 0 aliphatic rings. The topological polar surface area (TPSA) is 38.0 Å². The van der Waals surface area contributed by atoms with E-state index in [1.807, 2.05) is 0 Å². The smallest absolute Gasteiger partial charge is 0.0407 e. The zero-order valence-electron chi connectivity index (χ0n) is 11.4. The van der Waals surface area contributed by atoms with Gasteiger partial charge in [-0.3, -0.25) is 0 Å². The number of nitrogens with one attached hydrogen (secondary N) is 1. The summed E-state index contributed by atoms with van der Waals surface area (Å²) < 4.78 is 0. The van der Waals surface area contributed by atoms with Crippen molar-refractivity contribution in [2.75, 3.05) is 11.9 Å². The molecule has 16 heavy (non-hydrogen) atoms. The fraction of sp³-hybridized carbons (Fsp3) is 0.571. The van der Waals surface area contributed by atoms with Crippen molar-refractivity contribution in [2.45, 2.75) is 47.6 Å². The molecule has 3 N–H and O–H groups in total. The molecule has 2 heteroatoms. The van der Waals surface area contributed by atoms with E-state index in [4.69, 9.17) is 5.73 Å². The summed E-state index contributed by atoms with van der Waals surface area (Å²) >= 11 is 0. The monoisotopic (exact) mass is 220 g/mol. The van der Waals surface area contributed by atoms with Gasteiger partial charge in [0.15, 0.2) is 0 Å². The number of rotatable bonds is 3. The lowest BCUT2D eigenvalue weighted by Crippen LogP contribution is -2.26. The van der Waals surface area contributed by atoms with Gasteiger partial charge >= 0.3 is 0 Å². The van der Waals surface area contributed by atoms with E-state index in [9.17, 15) is 0 Å². The van der Waals surface area contributed by atoms with Crippen molar-refractivity contribution in [3.8, 4) is 0 Å². The van der Waals surface area contributed by atoms with E-state index in [1.54, 1.807) is 0 Å². The van der Waals surface area contributed by atoms with Crippen LogP contribution in [0.25, 0.3) is 0 Å². The summed E-state index contributed by atoms with van der Waals surface area (Å²) in [5.74, 6) is 0. The van der Waals surface area contributed by atoms with Gasteiger partial charge in [0.1, 0.15) is 0 Å². The van der Waals surface area contributed by atoms with Gasteiger partial charge < -0.3 is 11.1 Å². The molecule has 90 valence electrons. The normalized spacial score (nSPS) is 12.7. The molecule has 1 aromatic rings. The second kappa shape index (κ2) is 4.88. The van der Waals surface area contributed by atoms with Crippen LogP contribution in [0.5, 0.6) is 0 Å². The van der Waals surface area contributed by atoms with Gasteiger partial charge in [-0.15, -0.1) is 0 Å². The number of hydrogen-bond acceptors (Lipinski definition) is 2. The lowest BCUT2D eigenvalue weighted by molar-refractivity contribution is 0.800. The van der Waals surface area contributed by atoms with E-state index in [2.05, 4.69) is 46.9 Å². The SMILES string of the molecule is Cc1c(C)c(C)c(NC(C)CN)c(C)c1C. The first-order chi connectivity index (χ1) is 7.40. The van der Waals surface area contributed by atoms with Gasteiger partial charge in [0.2, 0.25) is 0 Å². The highest BCUT2D eigenvalue weighted by molar-refractivity contribution is 5.65. The first-order valence-corrected chi connectivity index (χ1v) is 5.93. The molecular formula is C14H24N2. The number of anilines is 1. The van der Waals surface area contributed by atoms with E-state index in [-0.39, 0.29) is 0 Å². The van der Waals surface area contributed by atoms with Crippen molar-refractivity contribution in [3.05, 3.63) is 27.8 Å². The summed E-state index contributed by atoms with van der Waals surface area (Å²) in [5, 5.41) is 3.51. The molecule has 0 amide bonds. The van der Waals surface area contributed by atoms with E-state index in [0.717, 1.165) is 0 Å². The highest BCUT2D eigenvalue weighted by Crippen LogP contribution is 2.30. The van der Waals surface area contributed by atoms with E-state index in [1.165, 1.54) is 33.5 Å². The minimum absolute atomic E-state index is 0.318. The van der Waals surface area contributed by atoms with Gasteiger partial charge in [-0.05, 0) is 69.4 Å². The summed E-state index contributed by atoms with van der Waals surface area (Å²) in [7, 11) is 0. The molecule has 0 heterocycles. The summed E-state index contributed by atoms with van der Waals surface area (Å²) in [6.45, 7) is 13.7. The van der Waals surface area contributed by atoms with Crippen LogP contribution in [0.1, 0.15) is 34.7 Å². The lowest BCUT2D eigenvalue weighted by atomic mass is 9.92. The molecule has 1 rings (SSSR count). The summed E-state index contributed by atoms with van der Waals surface area (Å²) in [4.78, 5) is 0. The largest absolute Gasteiger partial charge is 0.381 e. The van der Waals surface area contributed by atoms with Gasteiger partial charge in [-0.2, -0.15) is 0 Å². The Kier molecular flexibility index (Phi) is 3.98. The molecular weight excluding hydrogens is 196 g/mol. The lowest BCUT2D eigenvalue weighted by Gasteiger charge is -2.22. The van der Waals surface area contributed by atoms with Crippen LogP contribution in [0.3, 0.4) is 0 Å². The molecule has 0 saturated carbocycles. The molecule has 0 bridgehead atoms. The van der Waals surface area contributed by atoms with Crippen molar-refractivity contribution in [3.63, 3.8) is 0 Å². The van der Waals surface area contributed by atoms with Gasteiger partial charge in [0.05, 0.1) is 0 Å². The maximum absolute atomic E-state index is 5.66. The minimum Gasteiger partial charge on any atom is -0.381 e. The first kappa shape index (κ1) is 13.0. The fourth-order valence-electron chi connectivity index (χ4n) is 2.02. The molecule has 0 aromatic heterocycles. The maximum atomic E-state index is 5.66. The third-order valence-electron chi connectivity index (χ3n) is 3.74. The molecule has 0 spiro atoms. The average molecular weight is 220 g/mol. The predicted octanol–water partition coefficient (Wildman–Crippen LogP) is 2.99. The number of nitrogens with two attached hydrogens (primary N) is 1. The Morgan fingerprint density at radius 2 is 1.25 bits per heavy atom. The van der Waals surface area contributed by atoms with Crippen molar-refractivity contribution >= 4 is 5.69 Å². The van der Waals surface area contributed by atoms with Crippen LogP contribution in [0.15, 0.2) is 0 Å². The summed E-state index contributed by atoms with van der Waals surface area (Å²) in [6.07, 6.45) is 0. The van der Waals surface area contributed by atoms with E-state index in [0.29, 0.717) is 12.6 Å². The molecule has 0 aliphatic heterocycles.